The number of thioether (sulfide) groups is 1. The first-order valence-corrected chi connectivity index (χ1v) is 10.1. The van der Waals surface area contributed by atoms with Gasteiger partial charge >= 0.3 is 0 Å². The molecule has 0 aromatic rings. The summed E-state index contributed by atoms with van der Waals surface area (Å²) >= 11 is 1.94. The molecule has 1 saturated heterocycles. The van der Waals surface area contributed by atoms with Crippen molar-refractivity contribution in [1.82, 2.24) is 10.2 Å². The third kappa shape index (κ3) is 7.47. The average molecular weight is 357 g/mol. The lowest BCUT2D eigenvalue weighted by atomic mass is 9.92. The molecular weight excluding hydrogens is 320 g/mol. The van der Waals surface area contributed by atoms with E-state index in [0.29, 0.717) is 24.6 Å². The molecule has 0 bridgehead atoms. The van der Waals surface area contributed by atoms with Crippen LogP contribution in [0.5, 0.6) is 0 Å². The van der Waals surface area contributed by atoms with E-state index in [1.165, 1.54) is 0 Å². The molecule has 4 nitrogen and oxygen atoms in total. The topological polar surface area (TPSA) is 41.6 Å². The zero-order valence-electron chi connectivity index (χ0n) is 16.4. The minimum Gasteiger partial charge on any atom is -0.367 e. The Morgan fingerprint density at radius 1 is 1.46 bits per heavy atom. The van der Waals surface area contributed by atoms with Crippen LogP contribution in [0.3, 0.4) is 0 Å². The van der Waals surface area contributed by atoms with E-state index in [4.69, 9.17) is 4.74 Å². The summed E-state index contributed by atoms with van der Waals surface area (Å²) in [6.45, 7) is 15.3. The Bertz CT molecular complexity index is 422. The molecule has 1 amide bonds. The number of rotatable bonds is 11. The first kappa shape index (κ1) is 21.4. The zero-order valence-corrected chi connectivity index (χ0v) is 17.2. The molecule has 1 aliphatic heterocycles. The molecule has 0 radical (unpaired) electrons. The van der Waals surface area contributed by atoms with E-state index in [-0.39, 0.29) is 4.75 Å². The van der Waals surface area contributed by atoms with Gasteiger partial charge in [-0.3, -0.25) is 4.79 Å². The van der Waals surface area contributed by atoms with E-state index in [0.717, 1.165) is 43.9 Å². The maximum atomic E-state index is 12.1. The van der Waals surface area contributed by atoms with Gasteiger partial charge in [0.1, 0.15) is 6.73 Å². The number of allylic oxidation sites excluding steroid dienone is 2. The molecule has 0 aromatic heterocycles. The molecule has 1 aliphatic rings. The number of amides is 1. The van der Waals surface area contributed by atoms with Gasteiger partial charge in [0, 0.05) is 35.2 Å². The summed E-state index contributed by atoms with van der Waals surface area (Å²) in [7, 11) is 0. The molecule has 1 heterocycles. The van der Waals surface area contributed by atoms with E-state index < -0.39 is 0 Å². The van der Waals surface area contributed by atoms with Crippen molar-refractivity contribution in [2.75, 3.05) is 25.6 Å². The number of ether oxygens (including phenoxy) is 1. The average Bonchev–Trinajstić information content (AvgIpc) is 2.93. The van der Waals surface area contributed by atoms with E-state index in [1.807, 2.05) is 31.7 Å². The number of nitrogens with zero attached hydrogens (tertiary/aromatic N) is 1. The van der Waals surface area contributed by atoms with Crippen LogP contribution < -0.4 is 5.32 Å². The number of likely N-dealkylation sites (tertiary alicyclic amines) is 1. The van der Waals surface area contributed by atoms with Gasteiger partial charge in [0.05, 0.1) is 6.61 Å². The van der Waals surface area contributed by atoms with Crippen LogP contribution in [-0.2, 0) is 9.53 Å². The molecule has 140 valence electrons. The van der Waals surface area contributed by atoms with Gasteiger partial charge in [-0.1, -0.05) is 33.8 Å². The molecule has 0 aromatic carbocycles. The van der Waals surface area contributed by atoms with Crippen molar-refractivity contribution in [2.24, 2.45) is 5.92 Å². The first-order chi connectivity index (χ1) is 11.3. The molecule has 1 atom stereocenters. The van der Waals surface area contributed by atoms with Crippen molar-refractivity contribution < 1.29 is 9.53 Å². The fourth-order valence-electron chi connectivity index (χ4n) is 3.00. The molecule has 5 heteroatoms. The highest BCUT2D eigenvalue weighted by Crippen LogP contribution is 2.34. The fourth-order valence-corrected chi connectivity index (χ4v) is 4.05. The molecule has 0 aliphatic carbocycles. The van der Waals surface area contributed by atoms with Gasteiger partial charge in [0.15, 0.2) is 0 Å². The molecule has 0 saturated carbocycles. The zero-order chi connectivity index (χ0) is 18.2. The van der Waals surface area contributed by atoms with Crippen LogP contribution in [0.2, 0.25) is 0 Å². The summed E-state index contributed by atoms with van der Waals surface area (Å²) in [4.78, 5) is 14.2. The van der Waals surface area contributed by atoms with E-state index >= 15 is 0 Å². The van der Waals surface area contributed by atoms with Crippen LogP contribution in [0.1, 0.15) is 60.8 Å². The second kappa shape index (κ2) is 10.3. The van der Waals surface area contributed by atoms with Crippen molar-refractivity contribution in [3.8, 4) is 0 Å². The summed E-state index contributed by atoms with van der Waals surface area (Å²) in [5.74, 6) is 1.81. The van der Waals surface area contributed by atoms with Gasteiger partial charge in [-0.2, -0.15) is 11.8 Å². The second-order valence-electron chi connectivity index (χ2n) is 7.52. The van der Waals surface area contributed by atoms with Gasteiger partial charge in [0.25, 0.3) is 0 Å². The predicted octanol–water partition coefficient (Wildman–Crippen LogP) is 4.02. The number of carbonyl (C=O) groups is 1. The highest BCUT2D eigenvalue weighted by molar-refractivity contribution is 8.00. The lowest BCUT2D eigenvalue weighted by Crippen LogP contribution is -2.43. The van der Waals surface area contributed by atoms with Crippen molar-refractivity contribution in [3.63, 3.8) is 0 Å². The van der Waals surface area contributed by atoms with Crippen molar-refractivity contribution in [1.29, 1.82) is 0 Å². The summed E-state index contributed by atoms with van der Waals surface area (Å²) < 4.78 is 5.78. The third-order valence-corrected chi connectivity index (χ3v) is 5.91. The molecule has 24 heavy (non-hydrogen) atoms. The Kier molecular flexibility index (Phi) is 9.21. The second-order valence-corrected chi connectivity index (χ2v) is 9.32. The summed E-state index contributed by atoms with van der Waals surface area (Å²) in [6, 6.07) is 0.349. The fraction of sp³-hybridized carbons (Fsp3) is 0.842. The van der Waals surface area contributed by atoms with Crippen LogP contribution in [-0.4, -0.2) is 47.2 Å². The minimum absolute atomic E-state index is 0.147. The maximum Gasteiger partial charge on any atom is 0.222 e. The number of nitrogens with one attached hydrogen (secondary N) is 1. The highest BCUT2D eigenvalue weighted by Gasteiger charge is 2.34. The molecule has 1 unspecified atom stereocenters. The highest BCUT2D eigenvalue weighted by atomic mass is 32.2. The standard InChI is InChI=1S/C19H36N2O2S/c1-7-16(4)20-14-23-11-12-24-19(5,6)13-17(15(2)3)21-10-8-9-18(21)22/h7,15,17,20H,8-14H2,1-6H3/b16-7+. The molecule has 0 spiro atoms. The van der Waals surface area contributed by atoms with Crippen molar-refractivity contribution in [2.45, 2.75) is 71.6 Å². The van der Waals surface area contributed by atoms with Crippen molar-refractivity contribution in [3.05, 3.63) is 11.8 Å². The van der Waals surface area contributed by atoms with Crippen LogP contribution in [0, 0.1) is 5.92 Å². The van der Waals surface area contributed by atoms with E-state index in [2.05, 4.69) is 37.9 Å². The molecule has 1 N–H and O–H groups in total. The maximum absolute atomic E-state index is 12.1. The Balaban J connectivity index is 2.36. The van der Waals surface area contributed by atoms with E-state index in [9.17, 15) is 4.79 Å². The summed E-state index contributed by atoms with van der Waals surface area (Å²) in [6.07, 6.45) is 4.81. The van der Waals surface area contributed by atoms with Crippen LogP contribution >= 0.6 is 11.8 Å². The lowest BCUT2D eigenvalue weighted by molar-refractivity contribution is -0.130. The quantitative estimate of drug-likeness (QED) is 0.448. The first-order valence-electron chi connectivity index (χ1n) is 9.15. The Hall–Kier alpha value is -0.680. The molecular formula is C19H36N2O2S. The van der Waals surface area contributed by atoms with Crippen LogP contribution in [0.4, 0.5) is 0 Å². The molecule has 1 rings (SSSR count). The third-order valence-electron chi connectivity index (χ3n) is 4.59. The number of hydrogen-bond acceptors (Lipinski definition) is 4. The van der Waals surface area contributed by atoms with Crippen molar-refractivity contribution >= 4 is 17.7 Å². The summed E-state index contributed by atoms with van der Waals surface area (Å²) in [5.41, 5.74) is 1.14. The molecule has 1 fully saturated rings. The largest absolute Gasteiger partial charge is 0.367 e. The predicted molar refractivity (Wildman–Crippen MR) is 104 cm³/mol. The normalized spacial score (nSPS) is 17.7. The van der Waals surface area contributed by atoms with Gasteiger partial charge in [-0.05, 0) is 32.6 Å². The van der Waals surface area contributed by atoms with Gasteiger partial charge in [-0.15, -0.1) is 0 Å². The number of hydrogen-bond donors (Lipinski definition) is 1. The van der Waals surface area contributed by atoms with Crippen LogP contribution in [0.25, 0.3) is 0 Å². The van der Waals surface area contributed by atoms with Gasteiger partial charge in [-0.25, -0.2) is 0 Å². The van der Waals surface area contributed by atoms with Crippen LogP contribution in [0.15, 0.2) is 11.8 Å². The monoisotopic (exact) mass is 356 g/mol. The number of carbonyl (C=O) groups excluding carboxylic acids is 1. The Morgan fingerprint density at radius 2 is 2.17 bits per heavy atom. The Morgan fingerprint density at radius 3 is 2.71 bits per heavy atom. The van der Waals surface area contributed by atoms with E-state index in [1.54, 1.807) is 0 Å². The van der Waals surface area contributed by atoms with Gasteiger partial charge < -0.3 is 15.0 Å². The Labute approximate surface area is 152 Å². The summed E-state index contributed by atoms with van der Waals surface area (Å²) in [5, 5.41) is 3.20. The van der Waals surface area contributed by atoms with Gasteiger partial charge in [0.2, 0.25) is 5.91 Å². The SMILES string of the molecule is C/C=C(\C)NCOCCSC(C)(C)CC(C(C)C)N1CCCC1=O. The smallest absolute Gasteiger partial charge is 0.222 e. The lowest BCUT2D eigenvalue weighted by Gasteiger charge is -2.37. The minimum atomic E-state index is 0.147.